The molecule has 0 radical (unpaired) electrons. The van der Waals surface area contributed by atoms with E-state index < -0.39 is 5.82 Å². The smallest absolute Gasteiger partial charge is 0.186 e. The van der Waals surface area contributed by atoms with Crippen LogP contribution in [0.2, 0.25) is 5.02 Å². The maximum absolute atomic E-state index is 12.9. The molecule has 0 amide bonds. The molecule has 0 aliphatic carbocycles. The first kappa shape index (κ1) is 12.2. The van der Waals surface area contributed by atoms with Crippen molar-refractivity contribution >= 4 is 28.7 Å². The van der Waals surface area contributed by atoms with Crippen LogP contribution in [0.5, 0.6) is 0 Å². The van der Waals surface area contributed by atoms with Crippen molar-refractivity contribution in [3.8, 4) is 0 Å². The molecule has 0 spiro atoms. The molecular weight excluding hydrogens is 261 g/mol. The zero-order valence-electron chi connectivity index (χ0n) is 9.04. The van der Waals surface area contributed by atoms with E-state index in [1.54, 1.807) is 11.4 Å². The highest BCUT2D eigenvalue weighted by Crippen LogP contribution is 2.18. The molecule has 0 N–H and O–H groups in total. The molecule has 2 rings (SSSR count). The highest BCUT2D eigenvalue weighted by molar-refractivity contribution is 7.09. The summed E-state index contributed by atoms with van der Waals surface area (Å²) >= 11 is 7.08. The van der Waals surface area contributed by atoms with Gasteiger partial charge in [-0.3, -0.25) is 4.79 Å². The van der Waals surface area contributed by atoms with Crippen LogP contribution in [0.3, 0.4) is 0 Å². The van der Waals surface area contributed by atoms with E-state index in [9.17, 15) is 9.18 Å². The Labute approximate surface area is 107 Å². The second-order valence-corrected chi connectivity index (χ2v) is 5.07. The predicted octanol–water partition coefficient (Wildman–Crippen LogP) is 3.67. The Bertz CT molecular complexity index is 567. The minimum Gasteiger partial charge on any atom is -0.292 e. The van der Waals surface area contributed by atoms with E-state index in [4.69, 9.17) is 11.6 Å². The minimum absolute atomic E-state index is 0.0322. The Morgan fingerprint density at radius 2 is 2.29 bits per heavy atom. The van der Waals surface area contributed by atoms with Gasteiger partial charge < -0.3 is 0 Å². The quantitative estimate of drug-likeness (QED) is 0.796. The molecule has 2 nitrogen and oxygen atoms in total. The summed E-state index contributed by atoms with van der Waals surface area (Å²) in [4.78, 5) is 15.9. The molecule has 5 heteroatoms. The van der Waals surface area contributed by atoms with E-state index in [1.807, 2.05) is 6.92 Å². The molecule has 1 aromatic carbocycles. The third-order valence-corrected chi connectivity index (χ3v) is 3.32. The summed E-state index contributed by atoms with van der Waals surface area (Å²) < 4.78 is 12.9. The van der Waals surface area contributed by atoms with Crippen molar-refractivity contribution in [2.45, 2.75) is 13.3 Å². The van der Waals surface area contributed by atoms with Crippen molar-refractivity contribution in [3.63, 3.8) is 0 Å². The number of aryl methyl sites for hydroxylation is 1. The lowest BCUT2D eigenvalue weighted by Gasteiger charge is -2.00. The Balaban J connectivity index is 2.15. The van der Waals surface area contributed by atoms with Gasteiger partial charge in [0.15, 0.2) is 5.78 Å². The molecule has 0 unspecified atom stereocenters. The van der Waals surface area contributed by atoms with Gasteiger partial charge in [-0.2, -0.15) is 0 Å². The largest absolute Gasteiger partial charge is 0.292 e. The van der Waals surface area contributed by atoms with Crippen LogP contribution in [-0.2, 0) is 6.42 Å². The Morgan fingerprint density at radius 1 is 1.53 bits per heavy atom. The van der Waals surface area contributed by atoms with Gasteiger partial charge in [-0.1, -0.05) is 17.7 Å². The fourth-order valence-corrected chi connectivity index (χ4v) is 2.24. The van der Waals surface area contributed by atoms with Crippen molar-refractivity contribution in [1.82, 2.24) is 4.98 Å². The molecule has 1 heterocycles. The molecule has 0 fully saturated rings. The van der Waals surface area contributed by atoms with Gasteiger partial charge in [0.2, 0.25) is 0 Å². The van der Waals surface area contributed by atoms with Crippen LogP contribution in [0.25, 0.3) is 0 Å². The predicted molar refractivity (Wildman–Crippen MR) is 66.3 cm³/mol. The fraction of sp³-hybridized carbons (Fsp3) is 0.167. The van der Waals surface area contributed by atoms with Gasteiger partial charge >= 0.3 is 0 Å². The van der Waals surface area contributed by atoms with Crippen LogP contribution < -0.4 is 0 Å². The molecule has 0 bridgehead atoms. The van der Waals surface area contributed by atoms with Crippen LogP contribution in [0.1, 0.15) is 21.1 Å². The van der Waals surface area contributed by atoms with E-state index in [0.717, 1.165) is 5.01 Å². The number of aromatic nitrogens is 1. The van der Waals surface area contributed by atoms with Gasteiger partial charge in [0.1, 0.15) is 11.5 Å². The third kappa shape index (κ3) is 2.90. The van der Waals surface area contributed by atoms with E-state index in [-0.39, 0.29) is 17.2 Å². The lowest BCUT2D eigenvalue weighted by atomic mass is 10.1. The number of carbonyl (C=O) groups excluding carboxylic acids is 1. The molecule has 2 aromatic rings. The topological polar surface area (TPSA) is 30.0 Å². The second kappa shape index (κ2) is 4.94. The summed E-state index contributed by atoms with van der Waals surface area (Å²) in [7, 11) is 0. The number of ketones is 1. The van der Waals surface area contributed by atoms with Crippen LogP contribution in [0.4, 0.5) is 4.39 Å². The van der Waals surface area contributed by atoms with E-state index in [0.29, 0.717) is 11.3 Å². The van der Waals surface area contributed by atoms with Crippen molar-refractivity contribution in [1.29, 1.82) is 0 Å². The van der Waals surface area contributed by atoms with Crippen LogP contribution >= 0.6 is 22.9 Å². The first-order valence-electron chi connectivity index (χ1n) is 4.95. The summed E-state index contributed by atoms with van der Waals surface area (Å²) in [6.07, 6.45) is 0.184. The number of rotatable bonds is 3. The van der Waals surface area contributed by atoms with E-state index >= 15 is 0 Å². The molecule has 1 aromatic heterocycles. The third-order valence-electron chi connectivity index (χ3n) is 2.25. The van der Waals surface area contributed by atoms with Gasteiger partial charge in [0.05, 0.1) is 10.0 Å². The molecule has 0 aliphatic heterocycles. The first-order chi connectivity index (χ1) is 8.06. The number of carbonyl (C=O) groups is 1. The summed E-state index contributed by atoms with van der Waals surface area (Å²) in [5, 5.41) is 2.61. The fourth-order valence-electron chi connectivity index (χ4n) is 1.42. The van der Waals surface area contributed by atoms with Crippen molar-refractivity contribution < 1.29 is 9.18 Å². The van der Waals surface area contributed by atoms with Gasteiger partial charge in [-0.25, -0.2) is 9.37 Å². The monoisotopic (exact) mass is 269 g/mol. The molecule has 17 heavy (non-hydrogen) atoms. The number of hydrogen-bond donors (Lipinski definition) is 0. The van der Waals surface area contributed by atoms with Crippen molar-refractivity contribution in [2.75, 3.05) is 0 Å². The summed E-state index contributed by atoms with van der Waals surface area (Å²) in [5.41, 5.74) is 1.14. The lowest BCUT2D eigenvalue weighted by molar-refractivity contribution is 0.0988. The maximum atomic E-state index is 12.9. The molecule has 88 valence electrons. The standard InChI is InChI=1S/C12H9ClFNOS/c1-7-15-11(6-17-7)12(16)5-8-2-3-10(14)9(13)4-8/h2-4,6H,5H2,1H3. The van der Waals surface area contributed by atoms with Gasteiger partial charge in [0, 0.05) is 11.8 Å². The summed E-state index contributed by atoms with van der Waals surface area (Å²) in [5.74, 6) is -0.565. The zero-order chi connectivity index (χ0) is 12.4. The molecule has 0 aliphatic rings. The lowest BCUT2D eigenvalue weighted by Crippen LogP contribution is -2.04. The highest BCUT2D eigenvalue weighted by atomic mass is 35.5. The van der Waals surface area contributed by atoms with Crippen LogP contribution in [-0.4, -0.2) is 10.8 Å². The van der Waals surface area contributed by atoms with Crippen LogP contribution in [0, 0.1) is 12.7 Å². The Morgan fingerprint density at radius 3 is 2.88 bits per heavy atom. The van der Waals surface area contributed by atoms with Gasteiger partial charge in [-0.15, -0.1) is 11.3 Å². The highest BCUT2D eigenvalue weighted by Gasteiger charge is 2.11. The first-order valence-corrected chi connectivity index (χ1v) is 6.21. The average molecular weight is 270 g/mol. The summed E-state index contributed by atoms with van der Waals surface area (Å²) in [6, 6.07) is 4.28. The molecular formula is C12H9ClFNOS. The second-order valence-electron chi connectivity index (χ2n) is 3.60. The molecule has 0 saturated heterocycles. The maximum Gasteiger partial charge on any atom is 0.186 e. The normalized spacial score (nSPS) is 10.5. The number of hydrogen-bond acceptors (Lipinski definition) is 3. The van der Waals surface area contributed by atoms with Crippen molar-refractivity contribution in [2.24, 2.45) is 0 Å². The number of benzene rings is 1. The minimum atomic E-state index is -0.479. The number of thiazole rings is 1. The average Bonchev–Trinajstić information content (AvgIpc) is 2.70. The van der Waals surface area contributed by atoms with Gasteiger partial charge in [-0.05, 0) is 24.6 Å². The number of Topliss-reactive ketones (excluding diaryl/α,β-unsaturated/α-hetero) is 1. The molecule has 0 saturated carbocycles. The van der Waals surface area contributed by atoms with Crippen LogP contribution in [0.15, 0.2) is 23.6 Å². The van der Waals surface area contributed by atoms with E-state index in [1.165, 1.54) is 23.5 Å². The number of nitrogens with zero attached hydrogens (tertiary/aromatic N) is 1. The zero-order valence-corrected chi connectivity index (χ0v) is 10.6. The SMILES string of the molecule is Cc1nc(C(=O)Cc2ccc(F)c(Cl)c2)cs1. The van der Waals surface area contributed by atoms with Gasteiger partial charge in [0.25, 0.3) is 0 Å². The Hall–Kier alpha value is -1.26. The molecule has 0 atom stereocenters. The van der Waals surface area contributed by atoms with E-state index in [2.05, 4.69) is 4.98 Å². The Kier molecular flexibility index (Phi) is 3.54. The summed E-state index contributed by atoms with van der Waals surface area (Å²) in [6.45, 7) is 1.84. The number of halogens is 2. The van der Waals surface area contributed by atoms with Crippen molar-refractivity contribution in [3.05, 3.63) is 50.7 Å².